The molecule has 2 saturated carbocycles. The summed E-state index contributed by atoms with van der Waals surface area (Å²) in [5, 5.41) is 19.2. The Morgan fingerprint density at radius 3 is 2.35 bits per heavy atom. The lowest BCUT2D eigenvalue weighted by Gasteiger charge is -2.47. The Kier molecular flexibility index (Phi) is 12.3. The van der Waals surface area contributed by atoms with E-state index in [-0.39, 0.29) is 52.5 Å². The molecule has 388 valence electrons. The molecule has 5 aromatic rings. The van der Waals surface area contributed by atoms with Crippen molar-refractivity contribution < 1.29 is 28.6 Å². The summed E-state index contributed by atoms with van der Waals surface area (Å²) in [6, 6.07) is 15.8. The maximum Gasteiger partial charge on any atom is 0.319 e. The average molecular weight is 1010 g/mol. The molecule has 15 nitrogen and oxygen atoms in total. The van der Waals surface area contributed by atoms with Gasteiger partial charge < -0.3 is 34.8 Å². The van der Waals surface area contributed by atoms with Gasteiger partial charge in [0, 0.05) is 106 Å². The number of fused-ring (bicyclic) bond motifs is 5. The van der Waals surface area contributed by atoms with E-state index in [1.54, 1.807) is 23.2 Å². The molecule has 2 bridgehead atoms. The van der Waals surface area contributed by atoms with Crippen LogP contribution in [0, 0.1) is 22.6 Å². The number of phenolic OH excluding ortho intramolecular Hbond substituents is 1. The standard InChI is InChI=1S/C58H69FN10O5/c1-2-37-4-3-5-38-27-43(70)28-45(49(37)38)51-50(59)52-46(29-60-51)53(68-32-40-6-7-41(33-68)61-40)64-56(63-52)74-35-58(16-17-58)34-66-20-18-57(19-21-66)14-12-36(13-15-57)30-65-22-24-67(25-23-65)42-8-9-44-39(26-42)31-69(55(44)73)47-10-11-48(71)62-54(47)72/h3-5,8-9,26-29,36,40-41,47,61,70H,2,6-7,10-25,30-35H2,1H3,(H,62,71,72)/t40?,41?,47-/m0/s1. The largest absolute Gasteiger partial charge is 0.508 e. The number of carbonyl (C=O) groups excluding carboxylic acids is 3. The highest BCUT2D eigenvalue weighted by Gasteiger charge is 2.47. The molecule has 7 fully saturated rings. The zero-order chi connectivity index (χ0) is 50.3. The van der Waals surface area contributed by atoms with Crippen LogP contribution in [0.3, 0.4) is 0 Å². The van der Waals surface area contributed by atoms with E-state index in [0.717, 1.165) is 131 Å². The molecule has 2 unspecified atom stereocenters. The van der Waals surface area contributed by atoms with E-state index in [4.69, 9.17) is 19.7 Å². The lowest BCUT2D eigenvalue weighted by molar-refractivity contribution is -0.136. The number of piperazine rings is 2. The second-order valence-corrected chi connectivity index (χ2v) is 23.5. The maximum absolute atomic E-state index is 17.2. The van der Waals surface area contributed by atoms with Crippen LogP contribution in [0.5, 0.6) is 11.8 Å². The third kappa shape index (κ3) is 9.01. The molecule has 8 aliphatic rings. The Labute approximate surface area is 432 Å². The Balaban J connectivity index is 0.616. The lowest BCUT2D eigenvalue weighted by atomic mass is 9.65. The quantitative estimate of drug-likeness (QED) is 0.108. The fourth-order valence-corrected chi connectivity index (χ4v) is 14.1. The molecular formula is C58H69FN10O5. The molecule has 13 rings (SSSR count). The van der Waals surface area contributed by atoms with Gasteiger partial charge in [0.1, 0.15) is 28.8 Å². The number of nitrogens with one attached hydrogen (secondary N) is 2. The van der Waals surface area contributed by atoms with E-state index >= 15 is 4.39 Å². The molecule has 6 aliphatic heterocycles. The van der Waals surface area contributed by atoms with Crippen LogP contribution in [0.4, 0.5) is 15.9 Å². The van der Waals surface area contributed by atoms with E-state index in [2.05, 4.69) is 49.3 Å². The second-order valence-electron chi connectivity index (χ2n) is 23.5. The summed E-state index contributed by atoms with van der Waals surface area (Å²) in [7, 11) is 0. The number of aryl methyl sites for hydroxylation is 1. The zero-order valence-corrected chi connectivity index (χ0v) is 42.7. The third-order valence-electron chi connectivity index (χ3n) is 18.7. The Hall–Kier alpha value is -5.97. The number of aromatic hydroxyl groups is 1. The van der Waals surface area contributed by atoms with Crippen molar-refractivity contribution in [3.63, 3.8) is 0 Å². The highest BCUT2D eigenvalue weighted by atomic mass is 19.1. The summed E-state index contributed by atoms with van der Waals surface area (Å²) in [5.41, 5.74) is 5.21. The molecule has 2 aromatic heterocycles. The van der Waals surface area contributed by atoms with E-state index in [9.17, 15) is 19.5 Å². The molecule has 3 aromatic carbocycles. The zero-order valence-electron chi connectivity index (χ0n) is 42.7. The SMILES string of the molecule is CCc1cccc2cc(O)cc(-c3ncc4c(N5CC6CCC(C5)N6)nc(OCC5(CN6CCC7(CCC(CN8CCN(c9ccc%10c(c9)CN([C@H]9CCC(=O)NC9=O)C%10=O)CC8)CC7)CC6)CC5)nc4c3F)c12. The minimum absolute atomic E-state index is 0.0380. The van der Waals surface area contributed by atoms with Gasteiger partial charge in [0.05, 0.1) is 12.0 Å². The normalized spacial score (nSPS) is 25.1. The number of benzene rings is 3. The lowest BCUT2D eigenvalue weighted by Crippen LogP contribution is -2.52. The number of imide groups is 1. The number of rotatable bonds is 12. The van der Waals surface area contributed by atoms with Gasteiger partial charge in [-0.05, 0) is 154 Å². The summed E-state index contributed by atoms with van der Waals surface area (Å²) in [5.74, 6) is 0.177. The fraction of sp³-hybridized carbons (Fsp3) is 0.552. The van der Waals surface area contributed by atoms with E-state index in [1.807, 2.05) is 24.3 Å². The van der Waals surface area contributed by atoms with Crippen molar-refractivity contribution in [3.8, 4) is 23.0 Å². The molecular weight excluding hydrogens is 936 g/mol. The maximum atomic E-state index is 17.2. The molecule has 0 radical (unpaired) electrons. The van der Waals surface area contributed by atoms with Crippen LogP contribution in [0.1, 0.15) is 105 Å². The summed E-state index contributed by atoms with van der Waals surface area (Å²) >= 11 is 0. The number of halogens is 1. The monoisotopic (exact) mass is 1000 g/mol. The molecule has 3 N–H and O–H groups in total. The summed E-state index contributed by atoms with van der Waals surface area (Å²) in [6.07, 6.45) is 15.2. The van der Waals surface area contributed by atoms with E-state index < -0.39 is 11.9 Å². The first-order valence-corrected chi connectivity index (χ1v) is 27.7. The number of amides is 3. The molecule has 16 heteroatoms. The van der Waals surface area contributed by atoms with Crippen molar-refractivity contribution in [1.29, 1.82) is 0 Å². The highest BCUT2D eigenvalue weighted by molar-refractivity contribution is 6.06. The average Bonchev–Trinajstić information content (AvgIpc) is 3.99. The first kappa shape index (κ1) is 47.7. The van der Waals surface area contributed by atoms with Gasteiger partial charge in [-0.2, -0.15) is 9.97 Å². The van der Waals surface area contributed by atoms with Gasteiger partial charge in [-0.1, -0.05) is 25.1 Å². The number of carbonyl (C=O) groups is 3. The number of phenols is 1. The van der Waals surface area contributed by atoms with Crippen molar-refractivity contribution in [1.82, 2.24) is 40.3 Å². The summed E-state index contributed by atoms with van der Waals surface area (Å²) < 4.78 is 23.8. The van der Waals surface area contributed by atoms with Gasteiger partial charge >= 0.3 is 6.01 Å². The summed E-state index contributed by atoms with van der Waals surface area (Å²) in [4.78, 5) is 63.8. The second kappa shape index (κ2) is 19.0. The first-order chi connectivity index (χ1) is 36.0. The van der Waals surface area contributed by atoms with Crippen molar-refractivity contribution in [3.05, 3.63) is 77.2 Å². The number of pyridine rings is 1. The number of anilines is 2. The fourth-order valence-electron chi connectivity index (χ4n) is 14.1. The van der Waals surface area contributed by atoms with Crippen molar-refractivity contribution in [2.75, 3.05) is 81.9 Å². The smallest absolute Gasteiger partial charge is 0.319 e. The van der Waals surface area contributed by atoms with Crippen LogP contribution in [-0.2, 0) is 22.6 Å². The van der Waals surface area contributed by atoms with Gasteiger partial charge in [-0.25, -0.2) is 4.39 Å². The Bertz CT molecular complexity index is 3020. The number of likely N-dealkylation sites (tertiary alicyclic amines) is 1. The number of ether oxygens (including phenoxy) is 1. The van der Waals surface area contributed by atoms with Gasteiger partial charge in [0.15, 0.2) is 5.82 Å². The Morgan fingerprint density at radius 1 is 0.824 bits per heavy atom. The molecule has 8 heterocycles. The topological polar surface area (TPSA) is 160 Å². The molecule has 5 saturated heterocycles. The molecule has 3 amide bonds. The number of hydrogen-bond acceptors (Lipinski definition) is 13. The number of nitrogens with zero attached hydrogens (tertiary/aromatic N) is 8. The van der Waals surface area contributed by atoms with Gasteiger partial charge in [-0.3, -0.25) is 29.6 Å². The molecule has 2 aliphatic carbocycles. The number of piperidine rings is 2. The molecule has 1 spiro atoms. The minimum atomic E-state index is -0.596. The first-order valence-electron chi connectivity index (χ1n) is 27.7. The van der Waals surface area contributed by atoms with Crippen LogP contribution >= 0.6 is 0 Å². The van der Waals surface area contributed by atoms with Crippen LogP contribution in [-0.4, -0.2) is 143 Å². The molecule has 74 heavy (non-hydrogen) atoms. The van der Waals surface area contributed by atoms with Crippen molar-refractivity contribution in [2.45, 2.75) is 115 Å². The predicted molar refractivity (Wildman–Crippen MR) is 282 cm³/mol. The van der Waals surface area contributed by atoms with Crippen molar-refractivity contribution >= 4 is 50.9 Å². The minimum Gasteiger partial charge on any atom is -0.508 e. The number of hydrogen-bond donors (Lipinski definition) is 3. The summed E-state index contributed by atoms with van der Waals surface area (Å²) in [6.45, 7) is 12.9. The third-order valence-corrected chi connectivity index (χ3v) is 18.7. The van der Waals surface area contributed by atoms with Crippen molar-refractivity contribution in [2.24, 2.45) is 16.7 Å². The van der Waals surface area contributed by atoms with Crippen LogP contribution < -0.4 is 25.2 Å². The predicted octanol–water partition coefficient (Wildman–Crippen LogP) is 7.21. The van der Waals surface area contributed by atoms with E-state index in [1.165, 1.54) is 38.5 Å². The number of aromatic nitrogens is 3. The van der Waals surface area contributed by atoms with Crippen LogP contribution in [0.2, 0.25) is 0 Å². The van der Waals surface area contributed by atoms with Gasteiger partial charge in [-0.15, -0.1) is 0 Å². The van der Waals surface area contributed by atoms with Gasteiger partial charge in [0.25, 0.3) is 5.91 Å². The van der Waals surface area contributed by atoms with E-state index in [0.29, 0.717) is 59.4 Å². The van der Waals surface area contributed by atoms with Crippen LogP contribution in [0.25, 0.3) is 32.9 Å². The molecule has 3 atom stereocenters. The van der Waals surface area contributed by atoms with Gasteiger partial charge in [0.2, 0.25) is 11.8 Å². The Morgan fingerprint density at radius 2 is 1.61 bits per heavy atom. The van der Waals surface area contributed by atoms with Crippen LogP contribution in [0.15, 0.2) is 54.7 Å². The highest BCUT2D eigenvalue weighted by Crippen LogP contribution is 2.50.